The van der Waals surface area contributed by atoms with E-state index in [1.807, 2.05) is 6.92 Å². The number of pyridine rings is 1. The predicted octanol–water partition coefficient (Wildman–Crippen LogP) is 1.52. The van der Waals surface area contributed by atoms with E-state index in [0.29, 0.717) is 11.4 Å². The molecule has 2 N–H and O–H groups in total. The van der Waals surface area contributed by atoms with E-state index in [4.69, 9.17) is 0 Å². The van der Waals surface area contributed by atoms with Gasteiger partial charge in [-0.2, -0.15) is 0 Å². The van der Waals surface area contributed by atoms with Crippen LogP contribution < -0.4 is 5.32 Å². The van der Waals surface area contributed by atoms with Gasteiger partial charge in [0.15, 0.2) is 0 Å². The summed E-state index contributed by atoms with van der Waals surface area (Å²) in [4.78, 5) is 15.4. The topological polar surface area (TPSA) is 62.2 Å². The highest BCUT2D eigenvalue weighted by Crippen LogP contribution is 2.14. The molecule has 1 aromatic rings. The Bertz CT molecular complexity index is 330. The Morgan fingerprint density at radius 1 is 1.62 bits per heavy atom. The molecule has 16 heavy (non-hydrogen) atoms. The quantitative estimate of drug-likeness (QED) is 0.819. The number of anilines is 1. The molecule has 0 aliphatic heterocycles. The summed E-state index contributed by atoms with van der Waals surface area (Å²) in [5.41, 5.74) is 0.692. The van der Waals surface area contributed by atoms with Crippen LogP contribution in [0.1, 0.15) is 13.8 Å². The molecule has 0 spiro atoms. The summed E-state index contributed by atoms with van der Waals surface area (Å²) in [5.74, 6) is 0.256. The van der Waals surface area contributed by atoms with Gasteiger partial charge in [-0.05, 0) is 19.1 Å². The van der Waals surface area contributed by atoms with Gasteiger partial charge in [0.05, 0.1) is 23.7 Å². The second-order valence-electron chi connectivity index (χ2n) is 3.55. The van der Waals surface area contributed by atoms with Crippen molar-refractivity contribution in [1.29, 1.82) is 0 Å². The number of carbonyl (C=O) groups is 1. The van der Waals surface area contributed by atoms with E-state index in [2.05, 4.69) is 10.3 Å². The minimum absolute atomic E-state index is 0.0552. The van der Waals surface area contributed by atoms with Crippen LogP contribution in [0.25, 0.3) is 0 Å². The van der Waals surface area contributed by atoms with E-state index in [1.165, 1.54) is 11.8 Å². The fourth-order valence-corrected chi connectivity index (χ4v) is 1.75. The number of aromatic nitrogens is 1. The molecule has 0 aromatic carbocycles. The zero-order valence-electron chi connectivity index (χ0n) is 9.38. The van der Waals surface area contributed by atoms with Crippen molar-refractivity contribution in [3.05, 3.63) is 24.5 Å². The first-order chi connectivity index (χ1) is 7.59. The van der Waals surface area contributed by atoms with Gasteiger partial charge < -0.3 is 10.4 Å². The normalized spacial score (nSPS) is 14.2. The van der Waals surface area contributed by atoms with E-state index in [9.17, 15) is 9.90 Å². The minimum Gasteiger partial charge on any atom is -0.392 e. The first-order valence-corrected chi connectivity index (χ1v) is 6.14. The molecule has 1 heterocycles. The second kappa shape index (κ2) is 6.50. The molecule has 0 aliphatic carbocycles. The lowest BCUT2D eigenvalue weighted by Crippen LogP contribution is -2.20. The Morgan fingerprint density at radius 3 is 2.94 bits per heavy atom. The summed E-state index contributed by atoms with van der Waals surface area (Å²) < 4.78 is 0. The lowest BCUT2D eigenvalue weighted by Gasteiger charge is -2.13. The Morgan fingerprint density at radius 2 is 2.38 bits per heavy atom. The Balaban J connectivity index is 2.32. The van der Waals surface area contributed by atoms with Gasteiger partial charge in [-0.15, -0.1) is 11.8 Å². The van der Waals surface area contributed by atoms with Crippen LogP contribution in [0.5, 0.6) is 0 Å². The number of thioether (sulfide) groups is 1. The highest BCUT2D eigenvalue weighted by molar-refractivity contribution is 8.00. The summed E-state index contributed by atoms with van der Waals surface area (Å²) in [7, 11) is 0. The van der Waals surface area contributed by atoms with Gasteiger partial charge in [-0.3, -0.25) is 9.78 Å². The molecule has 1 rings (SSSR count). The molecular weight excluding hydrogens is 224 g/mol. The van der Waals surface area contributed by atoms with E-state index < -0.39 is 6.10 Å². The average Bonchev–Trinajstić information content (AvgIpc) is 2.27. The molecule has 0 saturated carbocycles. The maximum absolute atomic E-state index is 11.5. The summed E-state index contributed by atoms with van der Waals surface area (Å²) in [6.07, 6.45) is 2.84. The van der Waals surface area contributed by atoms with Gasteiger partial charge in [-0.25, -0.2) is 0 Å². The molecule has 2 atom stereocenters. The van der Waals surface area contributed by atoms with Crippen molar-refractivity contribution in [3.8, 4) is 0 Å². The lowest BCUT2D eigenvalue weighted by molar-refractivity contribution is -0.113. The van der Waals surface area contributed by atoms with E-state index >= 15 is 0 Å². The monoisotopic (exact) mass is 240 g/mol. The van der Waals surface area contributed by atoms with Gasteiger partial charge in [-0.1, -0.05) is 6.92 Å². The second-order valence-corrected chi connectivity index (χ2v) is 4.91. The number of amides is 1. The molecule has 2 unspecified atom stereocenters. The summed E-state index contributed by atoms with van der Waals surface area (Å²) >= 11 is 1.43. The Hall–Kier alpha value is -1.07. The minimum atomic E-state index is -0.406. The molecule has 0 bridgehead atoms. The highest BCUT2D eigenvalue weighted by Gasteiger charge is 2.11. The smallest absolute Gasteiger partial charge is 0.234 e. The van der Waals surface area contributed by atoms with Crippen LogP contribution in [0.4, 0.5) is 5.69 Å². The van der Waals surface area contributed by atoms with Crippen LogP contribution in [0, 0.1) is 0 Å². The largest absolute Gasteiger partial charge is 0.392 e. The average molecular weight is 240 g/mol. The molecular formula is C11H16N2O2S. The van der Waals surface area contributed by atoms with Crippen LogP contribution in [0.2, 0.25) is 0 Å². The number of hydrogen-bond acceptors (Lipinski definition) is 4. The van der Waals surface area contributed by atoms with E-state index in [1.54, 1.807) is 31.5 Å². The van der Waals surface area contributed by atoms with Crippen molar-refractivity contribution >= 4 is 23.4 Å². The number of carbonyl (C=O) groups excluding carboxylic acids is 1. The molecule has 0 saturated heterocycles. The number of nitrogens with one attached hydrogen (secondary N) is 1. The van der Waals surface area contributed by atoms with E-state index in [0.717, 1.165) is 0 Å². The van der Waals surface area contributed by atoms with Gasteiger partial charge in [0, 0.05) is 11.4 Å². The zero-order chi connectivity index (χ0) is 12.0. The Labute approximate surface area is 99.5 Å². The molecule has 0 radical (unpaired) electrons. The van der Waals surface area contributed by atoms with Gasteiger partial charge in [0.2, 0.25) is 5.91 Å². The maximum Gasteiger partial charge on any atom is 0.234 e. The lowest BCUT2D eigenvalue weighted by atomic mass is 10.3. The number of hydrogen-bond donors (Lipinski definition) is 2. The number of rotatable bonds is 5. The van der Waals surface area contributed by atoms with Crippen molar-refractivity contribution in [2.75, 3.05) is 11.1 Å². The SMILES string of the molecule is CC(O)C(C)SCC(=O)Nc1cccnc1. The summed E-state index contributed by atoms with van der Waals surface area (Å²) in [5, 5.41) is 12.0. The predicted molar refractivity (Wildman–Crippen MR) is 66.5 cm³/mol. The van der Waals surface area contributed by atoms with E-state index in [-0.39, 0.29) is 11.2 Å². The number of aliphatic hydroxyl groups excluding tert-OH is 1. The molecule has 1 amide bonds. The summed E-state index contributed by atoms with van der Waals surface area (Å²) in [6.45, 7) is 3.61. The molecule has 88 valence electrons. The summed E-state index contributed by atoms with van der Waals surface area (Å²) in [6, 6.07) is 3.55. The van der Waals surface area contributed by atoms with Crippen LogP contribution >= 0.6 is 11.8 Å². The van der Waals surface area contributed by atoms with Crippen molar-refractivity contribution in [2.45, 2.75) is 25.2 Å². The number of aliphatic hydroxyl groups is 1. The van der Waals surface area contributed by atoms with Crippen LogP contribution in [0.3, 0.4) is 0 Å². The van der Waals surface area contributed by atoms with Crippen molar-refractivity contribution in [1.82, 2.24) is 4.98 Å². The molecule has 4 nitrogen and oxygen atoms in total. The first-order valence-electron chi connectivity index (χ1n) is 5.09. The molecule has 1 aromatic heterocycles. The molecule has 5 heteroatoms. The fourth-order valence-electron chi connectivity index (χ4n) is 0.980. The maximum atomic E-state index is 11.5. The zero-order valence-corrected chi connectivity index (χ0v) is 10.2. The van der Waals surface area contributed by atoms with Crippen molar-refractivity contribution in [2.24, 2.45) is 0 Å². The third-order valence-electron chi connectivity index (χ3n) is 2.10. The number of nitrogens with zero attached hydrogens (tertiary/aromatic N) is 1. The third-order valence-corrected chi connectivity index (χ3v) is 3.45. The van der Waals surface area contributed by atoms with Crippen LogP contribution in [-0.2, 0) is 4.79 Å². The highest BCUT2D eigenvalue weighted by atomic mass is 32.2. The van der Waals surface area contributed by atoms with Gasteiger partial charge in [0.1, 0.15) is 0 Å². The standard InChI is InChI=1S/C11H16N2O2S/c1-8(14)9(2)16-7-11(15)13-10-4-3-5-12-6-10/h3-6,8-9,14H,7H2,1-2H3,(H,13,15). The molecule has 0 aliphatic rings. The molecule has 0 fully saturated rings. The van der Waals surface area contributed by atoms with Gasteiger partial charge in [0.25, 0.3) is 0 Å². The third kappa shape index (κ3) is 4.63. The Kier molecular flexibility index (Phi) is 5.28. The van der Waals surface area contributed by atoms with Crippen molar-refractivity contribution in [3.63, 3.8) is 0 Å². The van der Waals surface area contributed by atoms with Crippen LogP contribution in [-0.4, -0.2) is 33.1 Å². The first kappa shape index (κ1) is 13.0. The fraction of sp³-hybridized carbons (Fsp3) is 0.455. The van der Waals surface area contributed by atoms with Crippen LogP contribution in [0.15, 0.2) is 24.5 Å². The van der Waals surface area contributed by atoms with Gasteiger partial charge >= 0.3 is 0 Å². The van der Waals surface area contributed by atoms with Crippen molar-refractivity contribution < 1.29 is 9.90 Å².